The molecule has 2 heteroatoms. The van der Waals surface area contributed by atoms with E-state index in [1.54, 1.807) is 0 Å². The quantitative estimate of drug-likeness (QED) is 0.664. The SMILES string of the molecule is CCCNC(CCC(C)OC)CC1CCCC1. The molecule has 2 atom stereocenters. The van der Waals surface area contributed by atoms with Crippen LogP contribution in [0.5, 0.6) is 0 Å². The smallest absolute Gasteiger partial charge is 0.0543 e. The fourth-order valence-electron chi connectivity index (χ4n) is 2.85. The summed E-state index contributed by atoms with van der Waals surface area (Å²) in [6.45, 7) is 5.59. The van der Waals surface area contributed by atoms with Crippen LogP contribution in [0, 0.1) is 5.92 Å². The van der Waals surface area contributed by atoms with E-state index in [9.17, 15) is 0 Å². The summed E-state index contributed by atoms with van der Waals surface area (Å²) < 4.78 is 5.35. The molecule has 102 valence electrons. The highest BCUT2D eigenvalue weighted by molar-refractivity contribution is 4.76. The minimum atomic E-state index is 0.407. The predicted molar refractivity (Wildman–Crippen MR) is 74.4 cm³/mol. The summed E-state index contributed by atoms with van der Waals surface area (Å²) in [5.74, 6) is 0.988. The Hall–Kier alpha value is -0.0800. The first kappa shape index (κ1) is 15.0. The summed E-state index contributed by atoms with van der Waals surface area (Å²) in [6, 6.07) is 0.718. The molecule has 0 heterocycles. The van der Waals surface area contributed by atoms with Crippen LogP contribution in [-0.2, 0) is 4.74 Å². The van der Waals surface area contributed by atoms with Crippen LogP contribution in [0.4, 0.5) is 0 Å². The van der Waals surface area contributed by atoms with E-state index in [2.05, 4.69) is 19.2 Å². The molecule has 2 unspecified atom stereocenters. The van der Waals surface area contributed by atoms with E-state index in [0.717, 1.165) is 12.0 Å². The van der Waals surface area contributed by atoms with E-state index in [-0.39, 0.29) is 0 Å². The van der Waals surface area contributed by atoms with Gasteiger partial charge in [-0.1, -0.05) is 32.6 Å². The number of nitrogens with one attached hydrogen (secondary N) is 1. The summed E-state index contributed by atoms with van der Waals surface area (Å²) in [5.41, 5.74) is 0. The lowest BCUT2D eigenvalue weighted by atomic mass is 9.94. The van der Waals surface area contributed by atoms with E-state index in [0.29, 0.717) is 6.10 Å². The third-order valence-corrected chi connectivity index (χ3v) is 4.10. The third kappa shape index (κ3) is 6.42. The second-order valence-electron chi connectivity index (χ2n) is 5.66. The molecule has 0 radical (unpaired) electrons. The average molecular weight is 241 g/mol. The summed E-state index contributed by atoms with van der Waals surface area (Å²) in [5, 5.41) is 3.72. The number of hydrogen-bond acceptors (Lipinski definition) is 2. The van der Waals surface area contributed by atoms with Crippen LogP contribution in [0.15, 0.2) is 0 Å². The molecule has 1 N–H and O–H groups in total. The number of methoxy groups -OCH3 is 1. The van der Waals surface area contributed by atoms with Gasteiger partial charge in [-0.05, 0) is 45.1 Å². The zero-order valence-corrected chi connectivity index (χ0v) is 12.0. The Balaban J connectivity index is 2.25. The molecule has 1 saturated carbocycles. The Morgan fingerprint density at radius 1 is 1.24 bits per heavy atom. The van der Waals surface area contributed by atoms with Gasteiger partial charge < -0.3 is 10.1 Å². The zero-order chi connectivity index (χ0) is 12.5. The Bertz CT molecular complexity index is 178. The van der Waals surface area contributed by atoms with Crippen LogP contribution >= 0.6 is 0 Å². The van der Waals surface area contributed by atoms with Crippen LogP contribution < -0.4 is 5.32 Å². The van der Waals surface area contributed by atoms with Crippen molar-refractivity contribution in [2.75, 3.05) is 13.7 Å². The van der Waals surface area contributed by atoms with Crippen LogP contribution in [0.1, 0.15) is 65.2 Å². The summed E-state index contributed by atoms with van der Waals surface area (Å²) in [4.78, 5) is 0. The first-order valence-electron chi connectivity index (χ1n) is 7.52. The van der Waals surface area contributed by atoms with Gasteiger partial charge in [-0.25, -0.2) is 0 Å². The standard InChI is InChI=1S/C15H31NO/c1-4-11-16-15(10-9-13(2)17-3)12-14-7-5-6-8-14/h13-16H,4-12H2,1-3H3. The highest BCUT2D eigenvalue weighted by Gasteiger charge is 2.20. The molecule has 1 aliphatic rings. The molecule has 0 saturated heterocycles. The van der Waals surface area contributed by atoms with E-state index in [1.807, 2.05) is 7.11 Å². The molecule has 1 fully saturated rings. The van der Waals surface area contributed by atoms with Crippen molar-refractivity contribution in [1.82, 2.24) is 5.32 Å². The van der Waals surface area contributed by atoms with Gasteiger partial charge in [0.05, 0.1) is 6.10 Å². The van der Waals surface area contributed by atoms with Crippen molar-refractivity contribution in [3.8, 4) is 0 Å². The molecule has 1 aliphatic carbocycles. The molecular weight excluding hydrogens is 210 g/mol. The first-order valence-corrected chi connectivity index (χ1v) is 7.52. The third-order valence-electron chi connectivity index (χ3n) is 4.10. The molecule has 0 aromatic heterocycles. The van der Waals surface area contributed by atoms with Gasteiger partial charge in [-0.15, -0.1) is 0 Å². The van der Waals surface area contributed by atoms with E-state index >= 15 is 0 Å². The molecule has 0 aromatic rings. The molecule has 17 heavy (non-hydrogen) atoms. The van der Waals surface area contributed by atoms with E-state index < -0.39 is 0 Å². The lowest BCUT2D eigenvalue weighted by Crippen LogP contribution is -2.32. The highest BCUT2D eigenvalue weighted by atomic mass is 16.5. The number of hydrogen-bond donors (Lipinski definition) is 1. The highest BCUT2D eigenvalue weighted by Crippen LogP contribution is 2.29. The number of ether oxygens (including phenoxy) is 1. The van der Waals surface area contributed by atoms with Gasteiger partial charge in [0.2, 0.25) is 0 Å². The minimum Gasteiger partial charge on any atom is -0.382 e. The summed E-state index contributed by atoms with van der Waals surface area (Å²) in [7, 11) is 1.82. The fraction of sp³-hybridized carbons (Fsp3) is 1.00. The van der Waals surface area contributed by atoms with Crippen LogP contribution in [0.25, 0.3) is 0 Å². The predicted octanol–water partition coefficient (Wildman–Crippen LogP) is 3.75. The first-order chi connectivity index (χ1) is 8.26. The Kier molecular flexibility index (Phi) is 7.87. The summed E-state index contributed by atoms with van der Waals surface area (Å²) in [6.07, 6.45) is 11.3. The van der Waals surface area contributed by atoms with Crippen molar-refractivity contribution < 1.29 is 4.74 Å². The Morgan fingerprint density at radius 2 is 1.94 bits per heavy atom. The lowest BCUT2D eigenvalue weighted by molar-refractivity contribution is 0.105. The molecule has 0 aromatic carbocycles. The van der Waals surface area contributed by atoms with Gasteiger partial charge in [0.1, 0.15) is 0 Å². The normalized spacial score (nSPS) is 20.6. The van der Waals surface area contributed by atoms with Crippen LogP contribution in [0.2, 0.25) is 0 Å². The molecule has 1 rings (SSSR count). The molecule has 2 nitrogen and oxygen atoms in total. The lowest BCUT2D eigenvalue weighted by Gasteiger charge is -2.23. The average Bonchev–Trinajstić information content (AvgIpc) is 2.84. The topological polar surface area (TPSA) is 21.3 Å². The maximum Gasteiger partial charge on any atom is 0.0543 e. The Labute approximate surface area is 108 Å². The fourth-order valence-corrected chi connectivity index (χ4v) is 2.85. The molecule has 0 amide bonds. The van der Waals surface area contributed by atoms with E-state index in [1.165, 1.54) is 57.9 Å². The van der Waals surface area contributed by atoms with Crippen molar-refractivity contribution in [2.45, 2.75) is 77.4 Å². The minimum absolute atomic E-state index is 0.407. The largest absolute Gasteiger partial charge is 0.382 e. The van der Waals surface area contributed by atoms with Crippen LogP contribution in [-0.4, -0.2) is 25.8 Å². The van der Waals surface area contributed by atoms with Gasteiger partial charge >= 0.3 is 0 Å². The van der Waals surface area contributed by atoms with Crippen molar-refractivity contribution in [1.29, 1.82) is 0 Å². The summed E-state index contributed by atoms with van der Waals surface area (Å²) >= 11 is 0. The maximum atomic E-state index is 5.35. The van der Waals surface area contributed by atoms with Gasteiger partial charge in [-0.2, -0.15) is 0 Å². The zero-order valence-electron chi connectivity index (χ0n) is 12.0. The van der Waals surface area contributed by atoms with Crippen molar-refractivity contribution in [2.24, 2.45) is 5.92 Å². The Morgan fingerprint density at radius 3 is 2.53 bits per heavy atom. The molecule has 0 aliphatic heterocycles. The van der Waals surface area contributed by atoms with Crippen molar-refractivity contribution >= 4 is 0 Å². The molecule has 0 spiro atoms. The van der Waals surface area contributed by atoms with Gasteiger partial charge in [0, 0.05) is 13.2 Å². The monoisotopic (exact) mass is 241 g/mol. The van der Waals surface area contributed by atoms with Gasteiger partial charge in [-0.3, -0.25) is 0 Å². The van der Waals surface area contributed by atoms with Crippen LogP contribution in [0.3, 0.4) is 0 Å². The van der Waals surface area contributed by atoms with E-state index in [4.69, 9.17) is 4.74 Å². The second kappa shape index (κ2) is 8.93. The molecular formula is C15H31NO. The maximum absolute atomic E-state index is 5.35. The van der Waals surface area contributed by atoms with Gasteiger partial charge in [0.15, 0.2) is 0 Å². The molecule has 0 bridgehead atoms. The van der Waals surface area contributed by atoms with Crippen molar-refractivity contribution in [3.63, 3.8) is 0 Å². The van der Waals surface area contributed by atoms with Crippen molar-refractivity contribution in [3.05, 3.63) is 0 Å². The number of rotatable bonds is 9. The second-order valence-corrected chi connectivity index (χ2v) is 5.66. The van der Waals surface area contributed by atoms with Gasteiger partial charge in [0.25, 0.3) is 0 Å².